The van der Waals surface area contributed by atoms with Gasteiger partial charge in [-0.25, -0.2) is 0 Å². The van der Waals surface area contributed by atoms with E-state index in [0.717, 1.165) is 48.9 Å². The van der Waals surface area contributed by atoms with Gasteiger partial charge < -0.3 is 20.1 Å². The molecule has 0 saturated carbocycles. The number of carbonyl (C=O) groups is 1. The maximum absolute atomic E-state index is 13.6. The van der Waals surface area contributed by atoms with E-state index in [1.807, 2.05) is 66.5 Å². The minimum atomic E-state index is -1.12. The number of unbranched alkanes of at least 4 members (excludes halogenated alkanes) is 1. The number of carbonyl (C=O) groups excluding carboxylic acids is 1. The first-order valence-corrected chi connectivity index (χ1v) is 14.8. The molecule has 2 atom stereocenters. The zero-order valence-electron chi connectivity index (χ0n) is 24.1. The van der Waals surface area contributed by atoms with Crippen LogP contribution in [0.4, 0.5) is 0 Å². The van der Waals surface area contributed by atoms with Crippen LogP contribution in [0, 0.1) is 12.8 Å². The highest BCUT2D eigenvalue weighted by atomic mass is 35.5. The van der Waals surface area contributed by atoms with Gasteiger partial charge in [0, 0.05) is 49.9 Å². The molecule has 0 radical (unpaired) electrons. The highest BCUT2D eigenvalue weighted by Crippen LogP contribution is 2.43. The first-order chi connectivity index (χ1) is 19.4. The number of aryl methyl sites for hydroxylation is 1. The molecule has 40 heavy (non-hydrogen) atoms. The molecule has 2 N–H and O–H groups in total. The topological polar surface area (TPSA) is 61.8 Å². The number of piperidine rings is 1. The number of methoxy groups -OCH3 is 1. The summed E-state index contributed by atoms with van der Waals surface area (Å²) in [6, 6.07) is 22.0. The van der Waals surface area contributed by atoms with E-state index in [1.165, 1.54) is 11.1 Å². The lowest BCUT2D eigenvalue weighted by molar-refractivity contribution is -0.0583. The summed E-state index contributed by atoms with van der Waals surface area (Å²) < 4.78 is 5.30. The minimum Gasteiger partial charge on any atom is -0.385 e. The molecule has 1 saturated heterocycles. The fourth-order valence-electron chi connectivity index (χ4n) is 6.05. The highest BCUT2D eigenvalue weighted by Gasteiger charge is 2.42. The standard InChI is InChI=1S/C34H43ClN2O3/c1-25-10-4-5-11-28(25)22-30-31(13-8-14-32(30)35)34(39,19-6-7-21-40-3)29-12-9-20-37(24-29)33(38)27-17-15-26(16-18-27)23-36-2/h4-5,8,10-11,13-18,29,36,39H,6-7,9,12,19-24H2,1-3H3/t29?,34-/m0/s1. The normalized spacial score (nSPS) is 17.0. The molecule has 3 aromatic carbocycles. The number of hydrogen-bond acceptors (Lipinski definition) is 4. The molecule has 1 amide bonds. The molecule has 1 heterocycles. The van der Waals surface area contributed by atoms with Crippen LogP contribution in [-0.2, 0) is 23.3 Å². The number of rotatable bonds is 12. The first-order valence-electron chi connectivity index (χ1n) is 14.4. The van der Waals surface area contributed by atoms with Gasteiger partial charge in [0.1, 0.15) is 0 Å². The Morgan fingerprint density at radius 3 is 2.60 bits per heavy atom. The Kier molecular flexibility index (Phi) is 10.8. The van der Waals surface area contributed by atoms with Crippen molar-refractivity contribution in [2.75, 3.05) is 33.9 Å². The number of halogens is 1. The second-order valence-corrected chi connectivity index (χ2v) is 11.5. The van der Waals surface area contributed by atoms with E-state index in [9.17, 15) is 9.90 Å². The van der Waals surface area contributed by atoms with Crippen LogP contribution < -0.4 is 5.32 Å². The van der Waals surface area contributed by atoms with Crippen LogP contribution in [0.1, 0.15) is 70.3 Å². The maximum Gasteiger partial charge on any atom is 0.253 e. The zero-order chi connectivity index (χ0) is 28.5. The molecular formula is C34H43ClN2O3. The van der Waals surface area contributed by atoms with E-state index in [0.29, 0.717) is 43.1 Å². The van der Waals surface area contributed by atoms with Gasteiger partial charge in [-0.15, -0.1) is 0 Å². The Balaban J connectivity index is 1.65. The summed E-state index contributed by atoms with van der Waals surface area (Å²) in [4.78, 5) is 15.5. The summed E-state index contributed by atoms with van der Waals surface area (Å²) in [5, 5.41) is 16.5. The molecular weight excluding hydrogens is 520 g/mol. The third kappa shape index (κ3) is 7.13. The summed E-state index contributed by atoms with van der Waals surface area (Å²) in [6.07, 6.45) is 4.61. The van der Waals surface area contributed by atoms with Crippen LogP contribution in [0.15, 0.2) is 66.7 Å². The Bertz CT molecular complexity index is 1260. The van der Waals surface area contributed by atoms with Gasteiger partial charge in [-0.3, -0.25) is 4.79 Å². The Hall–Kier alpha value is -2.70. The molecule has 1 unspecified atom stereocenters. The van der Waals surface area contributed by atoms with Crippen LogP contribution in [0.3, 0.4) is 0 Å². The number of amides is 1. The van der Waals surface area contributed by atoms with Gasteiger partial charge in [-0.1, -0.05) is 60.1 Å². The third-order valence-corrected chi connectivity index (χ3v) is 8.69. The highest BCUT2D eigenvalue weighted by molar-refractivity contribution is 6.31. The molecule has 0 bridgehead atoms. The van der Waals surface area contributed by atoms with Gasteiger partial charge in [0.05, 0.1) is 5.60 Å². The molecule has 1 fully saturated rings. The van der Waals surface area contributed by atoms with Crippen LogP contribution in [-0.4, -0.2) is 49.8 Å². The summed E-state index contributed by atoms with van der Waals surface area (Å²) in [6.45, 7) is 4.73. The number of benzene rings is 3. The van der Waals surface area contributed by atoms with Crippen LogP contribution in [0.2, 0.25) is 5.02 Å². The number of nitrogens with zero attached hydrogens (tertiary/aromatic N) is 1. The van der Waals surface area contributed by atoms with Gasteiger partial charge in [-0.05, 0) is 98.5 Å². The van der Waals surface area contributed by atoms with Crippen molar-refractivity contribution >= 4 is 17.5 Å². The lowest BCUT2D eigenvalue weighted by atomic mass is 9.72. The molecule has 4 rings (SSSR count). The number of hydrogen-bond donors (Lipinski definition) is 2. The molecule has 3 aromatic rings. The number of nitrogens with one attached hydrogen (secondary N) is 1. The van der Waals surface area contributed by atoms with Crippen molar-refractivity contribution < 1.29 is 14.6 Å². The number of likely N-dealkylation sites (tertiary alicyclic amines) is 1. The van der Waals surface area contributed by atoms with Crippen molar-refractivity contribution in [1.29, 1.82) is 0 Å². The van der Waals surface area contributed by atoms with Crippen molar-refractivity contribution in [1.82, 2.24) is 10.2 Å². The van der Waals surface area contributed by atoms with Gasteiger partial charge in [0.25, 0.3) is 5.91 Å². The molecule has 0 spiro atoms. The van der Waals surface area contributed by atoms with Crippen LogP contribution in [0.25, 0.3) is 0 Å². The predicted molar refractivity (Wildman–Crippen MR) is 163 cm³/mol. The lowest BCUT2D eigenvalue weighted by Crippen LogP contribution is -2.48. The quantitative estimate of drug-likeness (QED) is 0.247. The molecule has 214 valence electrons. The molecule has 6 heteroatoms. The summed E-state index contributed by atoms with van der Waals surface area (Å²) >= 11 is 6.85. The van der Waals surface area contributed by atoms with Crippen LogP contribution in [0.5, 0.6) is 0 Å². The second kappa shape index (κ2) is 14.3. The summed E-state index contributed by atoms with van der Waals surface area (Å²) in [7, 11) is 3.62. The SMILES string of the molecule is CNCc1ccc(C(=O)N2CCCC([C@@](O)(CCCCOC)c3cccc(Cl)c3Cc3ccccc3C)C2)cc1. The van der Waals surface area contributed by atoms with Crippen molar-refractivity contribution in [2.24, 2.45) is 5.92 Å². The summed E-state index contributed by atoms with van der Waals surface area (Å²) in [5.74, 6) is -0.0842. The lowest BCUT2D eigenvalue weighted by Gasteiger charge is -2.44. The predicted octanol–water partition coefficient (Wildman–Crippen LogP) is 6.52. The van der Waals surface area contributed by atoms with E-state index in [4.69, 9.17) is 16.3 Å². The van der Waals surface area contributed by atoms with Crippen molar-refractivity contribution in [3.05, 3.63) is 105 Å². The van der Waals surface area contributed by atoms with Crippen LogP contribution >= 0.6 is 11.6 Å². The second-order valence-electron chi connectivity index (χ2n) is 11.1. The molecule has 1 aliphatic heterocycles. The molecule has 1 aliphatic rings. The maximum atomic E-state index is 13.6. The average molecular weight is 563 g/mol. The minimum absolute atomic E-state index is 0.0219. The van der Waals surface area contributed by atoms with E-state index in [2.05, 4.69) is 24.4 Å². The fourth-order valence-corrected chi connectivity index (χ4v) is 6.29. The first kappa shape index (κ1) is 30.3. The van der Waals surface area contributed by atoms with E-state index >= 15 is 0 Å². The van der Waals surface area contributed by atoms with E-state index in [1.54, 1.807) is 7.11 Å². The van der Waals surface area contributed by atoms with Gasteiger partial charge in [0.15, 0.2) is 0 Å². The van der Waals surface area contributed by atoms with Crippen molar-refractivity contribution in [3.63, 3.8) is 0 Å². The average Bonchev–Trinajstić information content (AvgIpc) is 2.97. The largest absolute Gasteiger partial charge is 0.385 e. The molecule has 0 aromatic heterocycles. The zero-order valence-corrected chi connectivity index (χ0v) is 24.8. The monoisotopic (exact) mass is 562 g/mol. The number of aliphatic hydroxyl groups is 1. The van der Waals surface area contributed by atoms with E-state index in [-0.39, 0.29) is 11.8 Å². The van der Waals surface area contributed by atoms with E-state index < -0.39 is 5.60 Å². The Labute approximate surface area is 244 Å². The summed E-state index contributed by atoms with van der Waals surface area (Å²) in [5.41, 5.74) is 4.96. The van der Waals surface area contributed by atoms with Gasteiger partial charge in [-0.2, -0.15) is 0 Å². The Morgan fingerprint density at radius 2 is 1.88 bits per heavy atom. The Morgan fingerprint density at radius 1 is 1.10 bits per heavy atom. The molecule has 5 nitrogen and oxygen atoms in total. The van der Waals surface area contributed by atoms with Crippen molar-refractivity contribution in [3.8, 4) is 0 Å². The molecule has 0 aliphatic carbocycles. The fraction of sp³-hybridized carbons (Fsp3) is 0.441. The van der Waals surface area contributed by atoms with Crippen molar-refractivity contribution in [2.45, 2.75) is 57.6 Å². The van der Waals surface area contributed by atoms with Gasteiger partial charge >= 0.3 is 0 Å². The smallest absolute Gasteiger partial charge is 0.253 e. The third-order valence-electron chi connectivity index (χ3n) is 8.34. The van der Waals surface area contributed by atoms with Gasteiger partial charge in [0.2, 0.25) is 0 Å². The number of ether oxygens (including phenoxy) is 1.